The van der Waals surface area contributed by atoms with E-state index in [0.29, 0.717) is 0 Å². The highest BCUT2D eigenvalue weighted by atomic mass is 19.1. The van der Waals surface area contributed by atoms with E-state index in [-0.39, 0.29) is 11.6 Å². The number of pyridine rings is 1. The van der Waals surface area contributed by atoms with Crippen molar-refractivity contribution in [3.63, 3.8) is 0 Å². The van der Waals surface area contributed by atoms with Crippen LogP contribution in [0, 0.1) is 17.6 Å². The van der Waals surface area contributed by atoms with Crippen molar-refractivity contribution in [3.05, 3.63) is 102 Å². The van der Waals surface area contributed by atoms with Gasteiger partial charge in [0, 0.05) is 46.6 Å². The van der Waals surface area contributed by atoms with Gasteiger partial charge in [-0.3, -0.25) is 4.98 Å². The van der Waals surface area contributed by atoms with E-state index in [4.69, 9.17) is 0 Å². The summed E-state index contributed by atoms with van der Waals surface area (Å²) in [6, 6.07) is 13.7. The maximum Gasteiger partial charge on any atom is 0.123 e. The van der Waals surface area contributed by atoms with Crippen LogP contribution in [0.2, 0.25) is 0 Å². The van der Waals surface area contributed by atoms with Gasteiger partial charge in [-0.15, -0.1) is 0 Å². The maximum atomic E-state index is 13.2. The Morgan fingerprint density at radius 3 is 2.00 bits per heavy atom. The number of piperidine rings is 1. The number of H-pyrrole nitrogens is 2. The molecule has 0 unspecified atom stereocenters. The van der Waals surface area contributed by atoms with E-state index >= 15 is 0 Å². The van der Waals surface area contributed by atoms with Crippen molar-refractivity contribution in [2.75, 3.05) is 13.1 Å². The van der Waals surface area contributed by atoms with Crippen molar-refractivity contribution in [2.45, 2.75) is 25.7 Å². The third-order valence-corrected chi connectivity index (χ3v) is 6.57. The molecule has 0 amide bonds. The zero-order valence-corrected chi connectivity index (χ0v) is 19.0. The number of benzene rings is 2. The van der Waals surface area contributed by atoms with Crippen LogP contribution in [0.4, 0.5) is 8.78 Å². The lowest BCUT2D eigenvalue weighted by atomic mass is 9.91. The summed E-state index contributed by atoms with van der Waals surface area (Å²) in [4.78, 5) is 10.4. The van der Waals surface area contributed by atoms with Crippen LogP contribution in [0.3, 0.4) is 0 Å². The van der Waals surface area contributed by atoms with Crippen molar-refractivity contribution in [3.8, 4) is 0 Å². The second kappa shape index (κ2) is 10.2. The van der Waals surface area contributed by atoms with Crippen LogP contribution < -0.4 is 5.32 Å². The lowest BCUT2D eigenvalue weighted by molar-refractivity contribution is 0.373. The maximum absolute atomic E-state index is 13.2. The molecule has 0 saturated carbocycles. The fraction of sp³-hybridized carbons (Fsp3) is 0.250. The van der Waals surface area contributed by atoms with Gasteiger partial charge < -0.3 is 15.3 Å². The number of hydrogen-bond donors (Lipinski definition) is 3. The minimum absolute atomic E-state index is 0.149. The summed E-state index contributed by atoms with van der Waals surface area (Å²) >= 11 is 0. The molecule has 0 atom stereocenters. The van der Waals surface area contributed by atoms with Crippen LogP contribution >= 0.6 is 0 Å². The smallest absolute Gasteiger partial charge is 0.123 e. The molecule has 174 valence electrons. The lowest BCUT2D eigenvalue weighted by Gasteiger charge is -2.22. The van der Waals surface area contributed by atoms with Crippen molar-refractivity contribution >= 4 is 21.8 Å². The zero-order valence-electron chi connectivity index (χ0n) is 19.0. The third kappa shape index (κ3) is 5.18. The van der Waals surface area contributed by atoms with E-state index in [9.17, 15) is 8.78 Å². The predicted octanol–water partition coefficient (Wildman–Crippen LogP) is 6.14. The molecule has 0 bridgehead atoms. The molecule has 1 fully saturated rings. The minimum atomic E-state index is -0.201. The van der Waals surface area contributed by atoms with Crippen LogP contribution in [0.5, 0.6) is 0 Å². The molecule has 2 aromatic carbocycles. The Balaban J connectivity index is 0.000000142. The number of rotatable bonds is 4. The van der Waals surface area contributed by atoms with Crippen LogP contribution in [0.15, 0.2) is 73.3 Å². The second-order valence-electron chi connectivity index (χ2n) is 8.94. The SMILES string of the molecule is Fc1ccc2[nH]cc(CC3CCNCC3)c2c1.Fc1ccc2[nH]cc(Cc3ccncc3)c2c1. The number of nitrogens with one attached hydrogen (secondary N) is 3. The largest absolute Gasteiger partial charge is 0.361 e. The molecule has 3 N–H and O–H groups in total. The molecule has 3 aromatic heterocycles. The summed E-state index contributed by atoms with van der Waals surface area (Å²) < 4.78 is 26.5. The highest BCUT2D eigenvalue weighted by molar-refractivity contribution is 5.84. The summed E-state index contributed by atoms with van der Waals surface area (Å²) in [6.45, 7) is 2.22. The van der Waals surface area contributed by atoms with E-state index in [1.165, 1.54) is 36.1 Å². The first-order valence-corrected chi connectivity index (χ1v) is 11.8. The van der Waals surface area contributed by atoms with Gasteiger partial charge in [0.05, 0.1) is 0 Å². The second-order valence-corrected chi connectivity index (χ2v) is 8.94. The third-order valence-electron chi connectivity index (χ3n) is 6.57. The number of hydrogen-bond acceptors (Lipinski definition) is 2. The van der Waals surface area contributed by atoms with Gasteiger partial charge in [0.2, 0.25) is 0 Å². The van der Waals surface area contributed by atoms with Crippen molar-refractivity contribution < 1.29 is 8.78 Å². The Kier molecular flexibility index (Phi) is 6.67. The zero-order chi connectivity index (χ0) is 23.3. The van der Waals surface area contributed by atoms with Crippen molar-refractivity contribution in [1.29, 1.82) is 0 Å². The minimum Gasteiger partial charge on any atom is -0.361 e. The summed E-state index contributed by atoms with van der Waals surface area (Å²) in [5, 5.41) is 5.36. The summed E-state index contributed by atoms with van der Waals surface area (Å²) in [6.07, 6.45) is 11.8. The van der Waals surface area contributed by atoms with E-state index in [1.54, 1.807) is 30.6 Å². The first-order chi connectivity index (χ1) is 16.7. The first kappa shape index (κ1) is 22.3. The lowest BCUT2D eigenvalue weighted by Crippen LogP contribution is -2.28. The average molecular weight is 459 g/mol. The van der Waals surface area contributed by atoms with Crippen LogP contribution in [-0.4, -0.2) is 28.0 Å². The Bertz CT molecular complexity index is 1370. The highest BCUT2D eigenvalue weighted by Crippen LogP contribution is 2.25. The molecular weight excluding hydrogens is 430 g/mol. The average Bonchev–Trinajstić information content (AvgIpc) is 3.44. The van der Waals surface area contributed by atoms with Gasteiger partial charge in [-0.1, -0.05) is 0 Å². The Morgan fingerprint density at radius 1 is 0.765 bits per heavy atom. The van der Waals surface area contributed by atoms with E-state index in [0.717, 1.165) is 59.2 Å². The molecular formula is C28H28F2N4. The molecule has 4 nitrogen and oxygen atoms in total. The van der Waals surface area contributed by atoms with Crippen molar-refractivity contribution in [2.24, 2.45) is 5.92 Å². The molecule has 0 radical (unpaired) electrons. The Labute approximate surface area is 197 Å². The fourth-order valence-electron chi connectivity index (χ4n) is 4.73. The molecule has 6 heteroatoms. The number of nitrogens with zero attached hydrogens (tertiary/aromatic N) is 1. The van der Waals surface area contributed by atoms with Crippen LogP contribution in [0.25, 0.3) is 21.8 Å². The van der Waals surface area contributed by atoms with Gasteiger partial charge in [0.1, 0.15) is 11.6 Å². The molecule has 1 aliphatic heterocycles. The van der Waals surface area contributed by atoms with Gasteiger partial charge in [-0.25, -0.2) is 8.78 Å². The molecule has 34 heavy (non-hydrogen) atoms. The van der Waals surface area contributed by atoms with Gasteiger partial charge >= 0.3 is 0 Å². The Hall–Kier alpha value is -3.51. The summed E-state index contributed by atoms with van der Waals surface area (Å²) in [7, 11) is 0. The normalized spacial score (nSPS) is 14.3. The van der Waals surface area contributed by atoms with Gasteiger partial charge in [-0.05, 0) is 110 Å². The number of aromatic amines is 2. The van der Waals surface area contributed by atoms with E-state index in [2.05, 4.69) is 20.3 Å². The Morgan fingerprint density at radius 2 is 1.35 bits per heavy atom. The quantitative estimate of drug-likeness (QED) is 0.303. The monoisotopic (exact) mass is 458 g/mol. The number of halogens is 2. The standard InChI is InChI=1S/C14H17FN2.C14H11FN2/c2*15-12-1-2-14-13(8-12)11(9-17-14)7-10-3-5-16-6-4-10/h1-2,8-10,16-17H,3-7H2;1-6,8-9,17H,7H2. The summed E-state index contributed by atoms with van der Waals surface area (Å²) in [5.74, 6) is 0.384. The molecule has 4 heterocycles. The van der Waals surface area contributed by atoms with Gasteiger partial charge in [0.25, 0.3) is 0 Å². The van der Waals surface area contributed by atoms with Crippen LogP contribution in [-0.2, 0) is 12.8 Å². The van der Waals surface area contributed by atoms with Gasteiger partial charge in [0.15, 0.2) is 0 Å². The van der Waals surface area contributed by atoms with E-state index < -0.39 is 0 Å². The molecule has 5 aromatic rings. The molecule has 6 rings (SSSR count). The summed E-state index contributed by atoms with van der Waals surface area (Å²) in [5.41, 5.74) is 5.54. The highest BCUT2D eigenvalue weighted by Gasteiger charge is 2.15. The first-order valence-electron chi connectivity index (χ1n) is 11.8. The molecule has 0 spiro atoms. The topological polar surface area (TPSA) is 56.5 Å². The van der Waals surface area contributed by atoms with Crippen molar-refractivity contribution in [1.82, 2.24) is 20.3 Å². The molecule has 1 saturated heterocycles. The van der Waals surface area contributed by atoms with E-state index in [1.807, 2.05) is 30.6 Å². The number of aromatic nitrogens is 3. The number of fused-ring (bicyclic) bond motifs is 2. The van der Waals surface area contributed by atoms with Gasteiger partial charge in [-0.2, -0.15) is 0 Å². The molecule has 0 aliphatic carbocycles. The predicted molar refractivity (Wildman–Crippen MR) is 133 cm³/mol. The fourth-order valence-corrected chi connectivity index (χ4v) is 4.73. The molecule has 1 aliphatic rings. The van der Waals surface area contributed by atoms with Crippen LogP contribution in [0.1, 0.15) is 29.5 Å².